The van der Waals surface area contributed by atoms with Gasteiger partial charge in [0.05, 0.1) is 11.4 Å². The summed E-state index contributed by atoms with van der Waals surface area (Å²) in [6.07, 6.45) is 0. The molecular formula is C11H17NO3S. The van der Waals surface area contributed by atoms with E-state index in [2.05, 4.69) is 0 Å². The number of ether oxygens (including phenoxy) is 1. The van der Waals surface area contributed by atoms with Gasteiger partial charge >= 0.3 is 0 Å². The molecular weight excluding hydrogens is 226 g/mol. The molecule has 5 heteroatoms. The average molecular weight is 243 g/mol. The van der Waals surface area contributed by atoms with Gasteiger partial charge in [0.2, 0.25) is 0 Å². The van der Waals surface area contributed by atoms with E-state index in [0.717, 1.165) is 5.56 Å². The van der Waals surface area contributed by atoms with Crippen LogP contribution in [0.15, 0.2) is 18.2 Å². The number of rotatable bonds is 5. The van der Waals surface area contributed by atoms with Gasteiger partial charge in [0.1, 0.15) is 12.4 Å². The van der Waals surface area contributed by atoms with Crippen molar-refractivity contribution >= 4 is 15.5 Å². The summed E-state index contributed by atoms with van der Waals surface area (Å²) in [6, 6.07) is 5.45. The molecule has 90 valence electrons. The van der Waals surface area contributed by atoms with Crippen molar-refractivity contribution in [3.63, 3.8) is 0 Å². The summed E-state index contributed by atoms with van der Waals surface area (Å²) in [4.78, 5) is 0. The Hall–Kier alpha value is -1.23. The summed E-state index contributed by atoms with van der Waals surface area (Å²) in [7, 11) is -2.98. The minimum absolute atomic E-state index is 0.0247. The highest BCUT2D eigenvalue weighted by Gasteiger charge is 2.08. The van der Waals surface area contributed by atoms with Crippen LogP contribution in [0.5, 0.6) is 5.75 Å². The fourth-order valence-corrected chi connectivity index (χ4v) is 1.83. The summed E-state index contributed by atoms with van der Waals surface area (Å²) in [6.45, 7) is 3.64. The highest BCUT2D eigenvalue weighted by molar-refractivity contribution is 7.91. The molecule has 1 aromatic rings. The van der Waals surface area contributed by atoms with Crippen LogP contribution in [0.1, 0.15) is 12.5 Å². The predicted molar refractivity (Wildman–Crippen MR) is 65.4 cm³/mol. The molecule has 0 saturated carbocycles. The molecule has 0 amide bonds. The zero-order valence-electron chi connectivity index (χ0n) is 9.56. The maximum atomic E-state index is 11.2. The third-order valence-electron chi connectivity index (χ3n) is 2.38. The van der Waals surface area contributed by atoms with Crippen molar-refractivity contribution in [3.8, 4) is 5.75 Å². The highest BCUT2D eigenvalue weighted by atomic mass is 32.2. The first-order valence-corrected chi connectivity index (χ1v) is 6.96. The van der Waals surface area contributed by atoms with Crippen molar-refractivity contribution in [2.45, 2.75) is 13.8 Å². The molecule has 0 fully saturated rings. The number of sulfone groups is 1. The Morgan fingerprint density at radius 1 is 1.38 bits per heavy atom. The number of nitrogens with two attached hydrogens (primary N) is 1. The third-order valence-corrected chi connectivity index (χ3v) is 4.04. The minimum Gasteiger partial charge on any atom is -0.490 e. The van der Waals surface area contributed by atoms with E-state index in [1.165, 1.54) is 0 Å². The molecule has 1 aromatic carbocycles. The van der Waals surface area contributed by atoms with Gasteiger partial charge < -0.3 is 10.5 Å². The number of anilines is 1. The molecule has 1 rings (SSSR count). The van der Waals surface area contributed by atoms with Crippen LogP contribution in [-0.4, -0.2) is 26.5 Å². The minimum atomic E-state index is -2.98. The Bertz CT molecular complexity index is 454. The van der Waals surface area contributed by atoms with Gasteiger partial charge in [0.25, 0.3) is 0 Å². The number of nitrogen functional groups attached to an aromatic ring is 1. The predicted octanol–water partition coefficient (Wildman–Crippen LogP) is 1.39. The molecule has 0 bridgehead atoms. The van der Waals surface area contributed by atoms with Crippen LogP contribution in [0.25, 0.3) is 0 Å². The number of benzene rings is 1. The first-order chi connectivity index (χ1) is 7.46. The lowest BCUT2D eigenvalue weighted by Gasteiger charge is -2.10. The lowest BCUT2D eigenvalue weighted by molar-refractivity contribution is 0.342. The van der Waals surface area contributed by atoms with Crippen LogP contribution in [0.2, 0.25) is 0 Å². The summed E-state index contributed by atoms with van der Waals surface area (Å²) in [5.41, 5.74) is 7.28. The molecule has 0 aromatic heterocycles. The molecule has 0 aliphatic rings. The second-order valence-corrected chi connectivity index (χ2v) is 6.04. The lowest BCUT2D eigenvalue weighted by Crippen LogP contribution is -2.16. The SMILES string of the molecule is CCS(=O)(=O)CCOc1cccc(C)c1N. The van der Waals surface area contributed by atoms with E-state index in [1.54, 1.807) is 13.0 Å². The summed E-state index contributed by atoms with van der Waals surface area (Å²) >= 11 is 0. The second-order valence-electron chi connectivity index (χ2n) is 3.57. The maximum absolute atomic E-state index is 11.2. The van der Waals surface area contributed by atoms with Gasteiger partial charge in [0.15, 0.2) is 9.84 Å². The van der Waals surface area contributed by atoms with Crippen LogP contribution >= 0.6 is 0 Å². The molecule has 0 aliphatic carbocycles. The molecule has 0 saturated heterocycles. The molecule has 16 heavy (non-hydrogen) atoms. The summed E-state index contributed by atoms with van der Waals surface area (Å²) in [5, 5.41) is 0. The van der Waals surface area contributed by atoms with Crippen LogP contribution in [-0.2, 0) is 9.84 Å². The van der Waals surface area contributed by atoms with Gasteiger partial charge in [-0.3, -0.25) is 0 Å². The Morgan fingerprint density at radius 3 is 2.69 bits per heavy atom. The zero-order chi connectivity index (χ0) is 12.2. The third kappa shape index (κ3) is 3.41. The smallest absolute Gasteiger partial charge is 0.153 e. The van der Waals surface area contributed by atoms with E-state index in [-0.39, 0.29) is 18.1 Å². The van der Waals surface area contributed by atoms with Crippen molar-refractivity contribution in [1.82, 2.24) is 0 Å². The van der Waals surface area contributed by atoms with Crippen LogP contribution in [0.3, 0.4) is 0 Å². The molecule has 0 unspecified atom stereocenters. The van der Waals surface area contributed by atoms with Crippen LogP contribution in [0.4, 0.5) is 5.69 Å². The van der Waals surface area contributed by atoms with Gasteiger partial charge in [-0.05, 0) is 18.6 Å². The Morgan fingerprint density at radius 2 is 2.06 bits per heavy atom. The van der Waals surface area contributed by atoms with Gasteiger partial charge in [-0.25, -0.2) is 8.42 Å². The van der Waals surface area contributed by atoms with E-state index in [9.17, 15) is 8.42 Å². The first kappa shape index (κ1) is 12.8. The summed E-state index contributed by atoms with van der Waals surface area (Å²) < 4.78 is 27.8. The Labute approximate surface area is 96.3 Å². The van der Waals surface area contributed by atoms with Crippen LogP contribution in [0, 0.1) is 6.92 Å². The van der Waals surface area contributed by atoms with E-state index in [1.807, 2.05) is 19.1 Å². The number of para-hydroxylation sites is 1. The molecule has 0 aliphatic heterocycles. The normalized spacial score (nSPS) is 11.4. The van der Waals surface area contributed by atoms with Crippen molar-refractivity contribution in [3.05, 3.63) is 23.8 Å². The van der Waals surface area contributed by atoms with Gasteiger partial charge in [-0.15, -0.1) is 0 Å². The molecule has 0 spiro atoms. The van der Waals surface area contributed by atoms with E-state index < -0.39 is 9.84 Å². The second kappa shape index (κ2) is 5.21. The first-order valence-electron chi connectivity index (χ1n) is 5.14. The van der Waals surface area contributed by atoms with Gasteiger partial charge in [0, 0.05) is 5.75 Å². The zero-order valence-corrected chi connectivity index (χ0v) is 10.4. The molecule has 2 N–H and O–H groups in total. The molecule has 4 nitrogen and oxygen atoms in total. The quantitative estimate of drug-likeness (QED) is 0.793. The molecule has 0 atom stereocenters. The van der Waals surface area contributed by atoms with E-state index in [4.69, 9.17) is 10.5 Å². The number of aryl methyl sites for hydroxylation is 1. The Balaban J connectivity index is 2.59. The molecule has 0 heterocycles. The van der Waals surface area contributed by atoms with Crippen LogP contribution < -0.4 is 10.5 Å². The fourth-order valence-electron chi connectivity index (χ4n) is 1.20. The Kier molecular flexibility index (Phi) is 4.18. The lowest BCUT2D eigenvalue weighted by atomic mass is 10.2. The number of hydrogen-bond donors (Lipinski definition) is 1. The van der Waals surface area contributed by atoms with Crippen molar-refractivity contribution < 1.29 is 13.2 Å². The van der Waals surface area contributed by atoms with E-state index >= 15 is 0 Å². The molecule has 0 radical (unpaired) electrons. The largest absolute Gasteiger partial charge is 0.490 e. The number of hydrogen-bond acceptors (Lipinski definition) is 4. The topological polar surface area (TPSA) is 69.4 Å². The van der Waals surface area contributed by atoms with Crippen molar-refractivity contribution in [1.29, 1.82) is 0 Å². The monoisotopic (exact) mass is 243 g/mol. The fraction of sp³-hybridized carbons (Fsp3) is 0.455. The average Bonchev–Trinajstić information content (AvgIpc) is 2.24. The standard InChI is InChI=1S/C11H17NO3S/c1-3-16(13,14)8-7-15-10-6-4-5-9(2)11(10)12/h4-6H,3,7-8,12H2,1-2H3. The highest BCUT2D eigenvalue weighted by Crippen LogP contribution is 2.24. The van der Waals surface area contributed by atoms with Crippen molar-refractivity contribution in [2.75, 3.05) is 23.8 Å². The van der Waals surface area contributed by atoms with Gasteiger partial charge in [-0.2, -0.15) is 0 Å². The van der Waals surface area contributed by atoms with E-state index in [0.29, 0.717) is 11.4 Å². The maximum Gasteiger partial charge on any atom is 0.153 e. The van der Waals surface area contributed by atoms with Crippen molar-refractivity contribution in [2.24, 2.45) is 0 Å². The summed E-state index contributed by atoms with van der Waals surface area (Å²) in [5.74, 6) is 0.711. The van der Waals surface area contributed by atoms with Gasteiger partial charge in [-0.1, -0.05) is 19.1 Å².